The zero-order valence-corrected chi connectivity index (χ0v) is 20.1. The third-order valence-corrected chi connectivity index (χ3v) is 7.03. The molecule has 0 fully saturated rings. The van der Waals surface area contributed by atoms with Gasteiger partial charge in [0.25, 0.3) is 10.0 Å². The zero-order chi connectivity index (χ0) is 24.0. The highest BCUT2D eigenvalue weighted by molar-refractivity contribution is 7.92. The number of nitrogens with zero attached hydrogens (tertiary/aromatic N) is 1. The third kappa shape index (κ3) is 5.77. The fourth-order valence-corrected chi connectivity index (χ4v) is 4.88. The summed E-state index contributed by atoms with van der Waals surface area (Å²) in [6, 6.07) is 19.4. The van der Waals surface area contributed by atoms with Crippen molar-refractivity contribution < 1.29 is 22.7 Å². The summed E-state index contributed by atoms with van der Waals surface area (Å²) in [4.78, 5) is 13.0. The molecule has 3 aromatic carbocycles. The summed E-state index contributed by atoms with van der Waals surface area (Å²) in [5.41, 5.74) is 1.02. The first-order valence-electron chi connectivity index (χ1n) is 10.1. The molecule has 174 valence electrons. The first kappa shape index (κ1) is 24.4. The van der Waals surface area contributed by atoms with Gasteiger partial charge in [0.2, 0.25) is 5.91 Å². The summed E-state index contributed by atoms with van der Waals surface area (Å²) in [5, 5.41) is 3.16. The first-order chi connectivity index (χ1) is 15.8. The Labute approximate surface area is 198 Å². The van der Waals surface area contributed by atoms with Gasteiger partial charge in [-0.25, -0.2) is 8.42 Å². The summed E-state index contributed by atoms with van der Waals surface area (Å²) in [6.45, 7) is 1.35. The quantitative estimate of drug-likeness (QED) is 0.481. The second-order valence-electron chi connectivity index (χ2n) is 7.20. The van der Waals surface area contributed by atoms with E-state index in [-0.39, 0.29) is 22.4 Å². The highest BCUT2D eigenvalue weighted by atomic mass is 35.5. The number of benzene rings is 3. The largest absolute Gasteiger partial charge is 0.497 e. The normalized spacial score (nSPS) is 12.0. The summed E-state index contributed by atoms with van der Waals surface area (Å²) in [5.74, 6) is 0.486. The lowest BCUT2D eigenvalue weighted by Gasteiger charge is -2.26. The van der Waals surface area contributed by atoms with Crippen LogP contribution < -0.4 is 19.1 Å². The Kier molecular flexibility index (Phi) is 7.84. The van der Waals surface area contributed by atoms with Gasteiger partial charge in [-0.1, -0.05) is 41.9 Å². The molecule has 0 aromatic heterocycles. The number of sulfonamides is 1. The van der Waals surface area contributed by atoms with E-state index in [2.05, 4.69) is 5.32 Å². The summed E-state index contributed by atoms with van der Waals surface area (Å²) < 4.78 is 38.5. The highest BCUT2D eigenvalue weighted by Gasteiger charge is 2.30. The fourth-order valence-electron chi connectivity index (χ4n) is 3.27. The molecule has 0 aliphatic carbocycles. The highest BCUT2D eigenvalue weighted by Crippen LogP contribution is 2.34. The van der Waals surface area contributed by atoms with E-state index in [1.54, 1.807) is 49.6 Å². The summed E-state index contributed by atoms with van der Waals surface area (Å²) in [7, 11) is -1.09. The number of hydrogen-bond acceptors (Lipinski definition) is 5. The van der Waals surface area contributed by atoms with Crippen LogP contribution in [-0.2, 0) is 14.8 Å². The molecule has 0 saturated carbocycles. The van der Waals surface area contributed by atoms with Crippen molar-refractivity contribution in [2.24, 2.45) is 0 Å². The lowest BCUT2D eigenvalue weighted by Crippen LogP contribution is -2.41. The molecule has 7 nitrogen and oxygen atoms in total. The minimum Gasteiger partial charge on any atom is -0.497 e. The molecule has 0 spiro atoms. The number of hydrogen-bond donors (Lipinski definition) is 1. The molecular formula is C24H25ClN2O5S. The average Bonchev–Trinajstić information content (AvgIpc) is 2.83. The van der Waals surface area contributed by atoms with Gasteiger partial charge in [0, 0.05) is 5.02 Å². The van der Waals surface area contributed by atoms with E-state index in [9.17, 15) is 13.2 Å². The Morgan fingerprint density at radius 1 is 1.00 bits per heavy atom. The number of anilines is 1. The van der Waals surface area contributed by atoms with Crippen LogP contribution in [0.1, 0.15) is 18.5 Å². The van der Waals surface area contributed by atoms with Crippen molar-refractivity contribution in [1.29, 1.82) is 0 Å². The van der Waals surface area contributed by atoms with Crippen LogP contribution in [0.25, 0.3) is 0 Å². The molecule has 0 bridgehead atoms. The number of amides is 1. The number of carbonyl (C=O) groups excluding carboxylic acids is 1. The molecule has 1 atom stereocenters. The Morgan fingerprint density at radius 2 is 1.67 bits per heavy atom. The van der Waals surface area contributed by atoms with Gasteiger partial charge in [-0.3, -0.25) is 9.10 Å². The second-order valence-corrected chi connectivity index (χ2v) is 9.50. The molecule has 3 rings (SSSR count). The maximum absolute atomic E-state index is 13.5. The monoisotopic (exact) mass is 488 g/mol. The molecule has 0 heterocycles. The zero-order valence-electron chi connectivity index (χ0n) is 18.5. The molecule has 0 radical (unpaired) electrons. The SMILES string of the molecule is COc1ccc(C(C)NC(=O)CN(c2cc(Cl)ccc2OC)S(=O)(=O)c2ccccc2)cc1. The van der Waals surface area contributed by atoms with E-state index in [4.69, 9.17) is 21.1 Å². The van der Waals surface area contributed by atoms with Crippen LogP contribution in [0.3, 0.4) is 0 Å². The van der Waals surface area contributed by atoms with Gasteiger partial charge in [0.1, 0.15) is 18.0 Å². The lowest BCUT2D eigenvalue weighted by molar-refractivity contribution is -0.120. The van der Waals surface area contributed by atoms with E-state index in [0.29, 0.717) is 10.8 Å². The Hall–Kier alpha value is -3.23. The number of halogens is 1. The van der Waals surface area contributed by atoms with E-state index in [1.165, 1.54) is 25.3 Å². The molecule has 0 saturated heterocycles. The number of rotatable bonds is 9. The Balaban J connectivity index is 1.93. The van der Waals surface area contributed by atoms with Gasteiger partial charge in [-0.2, -0.15) is 0 Å². The summed E-state index contributed by atoms with van der Waals surface area (Å²) in [6.07, 6.45) is 0. The van der Waals surface area contributed by atoms with E-state index in [1.807, 2.05) is 19.1 Å². The lowest BCUT2D eigenvalue weighted by atomic mass is 10.1. The van der Waals surface area contributed by atoms with Gasteiger partial charge in [-0.15, -0.1) is 0 Å². The average molecular weight is 489 g/mol. The minimum absolute atomic E-state index is 0.0445. The van der Waals surface area contributed by atoms with Gasteiger partial charge in [0.05, 0.1) is 30.8 Å². The Bertz CT molecular complexity index is 1200. The third-order valence-electron chi connectivity index (χ3n) is 5.02. The van der Waals surface area contributed by atoms with Crippen molar-refractivity contribution in [3.05, 3.63) is 83.4 Å². The van der Waals surface area contributed by atoms with Gasteiger partial charge in [0.15, 0.2) is 0 Å². The molecule has 33 heavy (non-hydrogen) atoms. The van der Waals surface area contributed by atoms with Gasteiger partial charge < -0.3 is 14.8 Å². The second kappa shape index (κ2) is 10.6. The molecule has 1 unspecified atom stereocenters. The minimum atomic E-state index is -4.09. The van der Waals surface area contributed by atoms with E-state index >= 15 is 0 Å². The fraction of sp³-hybridized carbons (Fsp3) is 0.208. The maximum Gasteiger partial charge on any atom is 0.264 e. The van der Waals surface area contributed by atoms with Crippen LogP contribution in [0.2, 0.25) is 5.02 Å². The van der Waals surface area contributed by atoms with Crippen LogP contribution in [0.4, 0.5) is 5.69 Å². The molecule has 0 aliphatic rings. The van der Waals surface area contributed by atoms with Gasteiger partial charge in [-0.05, 0) is 55.0 Å². The van der Waals surface area contributed by atoms with E-state index in [0.717, 1.165) is 9.87 Å². The van der Waals surface area contributed by atoms with Crippen molar-refractivity contribution in [3.63, 3.8) is 0 Å². The van der Waals surface area contributed by atoms with Crippen LogP contribution >= 0.6 is 11.6 Å². The van der Waals surface area contributed by atoms with Crippen LogP contribution in [0, 0.1) is 0 Å². The van der Waals surface area contributed by atoms with Gasteiger partial charge >= 0.3 is 0 Å². The number of carbonyl (C=O) groups is 1. The molecule has 3 aromatic rings. The van der Waals surface area contributed by atoms with Crippen molar-refractivity contribution >= 4 is 33.2 Å². The van der Waals surface area contributed by atoms with Crippen LogP contribution in [-0.4, -0.2) is 35.1 Å². The first-order valence-corrected chi connectivity index (χ1v) is 11.9. The number of nitrogens with one attached hydrogen (secondary N) is 1. The molecule has 9 heteroatoms. The predicted octanol–water partition coefficient (Wildman–Crippen LogP) is 4.43. The molecular weight excluding hydrogens is 464 g/mol. The van der Waals surface area contributed by atoms with Crippen LogP contribution in [0.5, 0.6) is 11.5 Å². The van der Waals surface area contributed by atoms with Crippen molar-refractivity contribution in [1.82, 2.24) is 5.32 Å². The standard InChI is InChI=1S/C24H25ClN2O5S/c1-17(18-9-12-20(31-2)13-10-18)26-24(28)16-27(22-15-19(25)11-14-23(22)32-3)33(29,30)21-7-5-4-6-8-21/h4-15,17H,16H2,1-3H3,(H,26,28). The molecule has 0 aliphatic heterocycles. The van der Waals surface area contributed by atoms with Crippen molar-refractivity contribution in [2.45, 2.75) is 17.9 Å². The van der Waals surface area contributed by atoms with Crippen molar-refractivity contribution in [2.75, 3.05) is 25.1 Å². The topological polar surface area (TPSA) is 84.9 Å². The van der Waals surface area contributed by atoms with Crippen molar-refractivity contribution in [3.8, 4) is 11.5 Å². The smallest absolute Gasteiger partial charge is 0.264 e. The molecule has 1 amide bonds. The maximum atomic E-state index is 13.5. The predicted molar refractivity (Wildman–Crippen MR) is 129 cm³/mol. The summed E-state index contributed by atoms with van der Waals surface area (Å²) >= 11 is 6.15. The number of methoxy groups -OCH3 is 2. The van der Waals surface area contributed by atoms with Crippen LogP contribution in [0.15, 0.2) is 77.7 Å². The number of ether oxygens (including phenoxy) is 2. The molecule has 1 N–H and O–H groups in total. The van der Waals surface area contributed by atoms with E-state index < -0.39 is 22.5 Å². The Morgan fingerprint density at radius 3 is 2.27 bits per heavy atom.